The van der Waals surface area contributed by atoms with Crippen LogP contribution >= 0.6 is 0 Å². The fraction of sp³-hybridized carbons (Fsp3) is 0.500. The van der Waals surface area contributed by atoms with Crippen molar-refractivity contribution in [3.05, 3.63) is 35.4 Å². The SMILES string of the molecule is CC[C@@H](C)[C@H](N)C(=O)N1Cc2ccccc2[C@H]1B(O)O. The molecule has 2 rings (SSSR count). The third kappa shape index (κ3) is 2.59. The number of fused-ring (bicyclic) bond motifs is 1. The summed E-state index contributed by atoms with van der Waals surface area (Å²) in [5, 5.41) is 19.2. The van der Waals surface area contributed by atoms with E-state index in [-0.39, 0.29) is 11.8 Å². The molecule has 0 fully saturated rings. The minimum atomic E-state index is -1.60. The molecule has 5 nitrogen and oxygen atoms in total. The van der Waals surface area contributed by atoms with Crippen LogP contribution in [-0.4, -0.2) is 34.0 Å². The first-order valence-electron chi connectivity index (χ1n) is 6.97. The Bertz CT molecular complexity index is 495. The van der Waals surface area contributed by atoms with Crippen molar-refractivity contribution < 1.29 is 14.8 Å². The van der Waals surface area contributed by atoms with Gasteiger partial charge in [-0.1, -0.05) is 44.5 Å². The first-order valence-corrected chi connectivity index (χ1v) is 6.97. The van der Waals surface area contributed by atoms with E-state index in [2.05, 4.69) is 0 Å². The van der Waals surface area contributed by atoms with Crippen molar-refractivity contribution in [3.63, 3.8) is 0 Å². The molecule has 0 saturated carbocycles. The molecule has 6 heteroatoms. The van der Waals surface area contributed by atoms with E-state index >= 15 is 0 Å². The van der Waals surface area contributed by atoms with Gasteiger partial charge in [0.25, 0.3) is 0 Å². The molecular weight excluding hydrogens is 255 g/mol. The summed E-state index contributed by atoms with van der Waals surface area (Å²) in [6.07, 6.45) is 0.806. The Labute approximate surface area is 119 Å². The van der Waals surface area contributed by atoms with Gasteiger partial charge in [-0.3, -0.25) is 4.79 Å². The number of hydrogen-bond acceptors (Lipinski definition) is 4. The Morgan fingerprint density at radius 1 is 1.50 bits per heavy atom. The third-order valence-electron chi connectivity index (χ3n) is 4.16. The van der Waals surface area contributed by atoms with Gasteiger partial charge in [-0.2, -0.15) is 0 Å². The van der Waals surface area contributed by atoms with Crippen LogP contribution in [-0.2, 0) is 11.3 Å². The van der Waals surface area contributed by atoms with E-state index in [0.29, 0.717) is 6.54 Å². The summed E-state index contributed by atoms with van der Waals surface area (Å²) in [5.74, 6) is -0.898. The van der Waals surface area contributed by atoms with Crippen molar-refractivity contribution in [1.29, 1.82) is 0 Å². The first-order chi connectivity index (χ1) is 9.47. The van der Waals surface area contributed by atoms with E-state index in [1.54, 1.807) is 0 Å². The summed E-state index contributed by atoms with van der Waals surface area (Å²) in [5.41, 5.74) is 7.72. The number of hydrogen-bond donors (Lipinski definition) is 3. The highest BCUT2D eigenvalue weighted by Gasteiger charge is 2.42. The number of rotatable bonds is 4. The predicted molar refractivity (Wildman–Crippen MR) is 77.4 cm³/mol. The van der Waals surface area contributed by atoms with Gasteiger partial charge in [-0.25, -0.2) is 0 Å². The number of nitrogens with zero attached hydrogens (tertiary/aromatic N) is 1. The zero-order valence-corrected chi connectivity index (χ0v) is 11.9. The number of nitrogens with two attached hydrogens (primary N) is 1. The maximum Gasteiger partial charge on any atom is 0.480 e. The fourth-order valence-corrected chi connectivity index (χ4v) is 2.64. The van der Waals surface area contributed by atoms with Crippen LogP contribution in [0.5, 0.6) is 0 Å². The highest BCUT2D eigenvalue weighted by atomic mass is 16.4. The Morgan fingerprint density at radius 3 is 2.75 bits per heavy atom. The van der Waals surface area contributed by atoms with Crippen molar-refractivity contribution in [1.82, 2.24) is 4.90 Å². The van der Waals surface area contributed by atoms with Crippen molar-refractivity contribution in [2.45, 2.75) is 38.8 Å². The lowest BCUT2D eigenvalue weighted by Gasteiger charge is -2.29. The van der Waals surface area contributed by atoms with E-state index in [0.717, 1.165) is 17.5 Å². The van der Waals surface area contributed by atoms with E-state index in [9.17, 15) is 14.8 Å². The molecule has 0 saturated heterocycles. The van der Waals surface area contributed by atoms with Crippen LogP contribution in [0, 0.1) is 5.92 Å². The van der Waals surface area contributed by atoms with Gasteiger partial charge >= 0.3 is 7.12 Å². The molecule has 1 aliphatic heterocycles. The Hall–Kier alpha value is -1.37. The van der Waals surface area contributed by atoms with E-state index in [4.69, 9.17) is 5.73 Å². The van der Waals surface area contributed by atoms with Crippen LogP contribution in [0.25, 0.3) is 0 Å². The summed E-state index contributed by atoms with van der Waals surface area (Å²) in [6.45, 7) is 4.28. The normalized spacial score (nSPS) is 20.4. The van der Waals surface area contributed by atoms with Crippen molar-refractivity contribution in [3.8, 4) is 0 Å². The average molecular weight is 276 g/mol. The average Bonchev–Trinajstić information content (AvgIpc) is 2.84. The molecule has 20 heavy (non-hydrogen) atoms. The van der Waals surface area contributed by atoms with Crippen LogP contribution in [0.3, 0.4) is 0 Å². The summed E-state index contributed by atoms with van der Waals surface area (Å²) in [6, 6.07) is 6.81. The van der Waals surface area contributed by atoms with E-state index in [1.165, 1.54) is 4.90 Å². The van der Waals surface area contributed by atoms with E-state index in [1.807, 2.05) is 38.1 Å². The zero-order valence-electron chi connectivity index (χ0n) is 11.9. The van der Waals surface area contributed by atoms with Crippen LogP contribution in [0.4, 0.5) is 0 Å². The molecule has 0 aromatic heterocycles. The lowest BCUT2D eigenvalue weighted by atomic mass is 9.75. The first kappa shape index (κ1) is 15.0. The van der Waals surface area contributed by atoms with Crippen LogP contribution in [0.2, 0.25) is 0 Å². The summed E-state index contributed by atoms with van der Waals surface area (Å²) >= 11 is 0. The van der Waals surface area contributed by atoms with Crippen LogP contribution in [0.15, 0.2) is 24.3 Å². The summed E-state index contributed by atoms with van der Waals surface area (Å²) < 4.78 is 0. The van der Waals surface area contributed by atoms with Crippen LogP contribution < -0.4 is 5.73 Å². The Kier molecular flexibility index (Phi) is 4.47. The van der Waals surface area contributed by atoms with E-state index < -0.39 is 19.1 Å². The number of carbonyl (C=O) groups excluding carboxylic acids is 1. The fourth-order valence-electron chi connectivity index (χ4n) is 2.64. The second kappa shape index (κ2) is 5.95. The highest BCUT2D eigenvalue weighted by Crippen LogP contribution is 2.34. The molecule has 1 aromatic carbocycles. The quantitative estimate of drug-likeness (QED) is 0.697. The molecule has 0 spiro atoms. The molecule has 0 aliphatic carbocycles. The molecule has 108 valence electrons. The van der Waals surface area contributed by atoms with Crippen molar-refractivity contribution >= 4 is 13.0 Å². The molecular formula is C14H21BN2O3. The van der Waals surface area contributed by atoms with Gasteiger partial charge < -0.3 is 20.7 Å². The minimum absolute atomic E-state index is 0.0581. The summed E-state index contributed by atoms with van der Waals surface area (Å²) in [4.78, 5) is 14.0. The van der Waals surface area contributed by atoms with Gasteiger partial charge in [0.05, 0.1) is 12.0 Å². The topological polar surface area (TPSA) is 86.8 Å². The molecule has 1 aliphatic rings. The van der Waals surface area contributed by atoms with Crippen molar-refractivity contribution in [2.75, 3.05) is 0 Å². The second-order valence-corrected chi connectivity index (χ2v) is 5.43. The van der Waals surface area contributed by atoms with Gasteiger partial charge in [-0.05, 0) is 17.0 Å². The van der Waals surface area contributed by atoms with Gasteiger partial charge in [0.15, 0.2) is 0 Å². The lowest BCUT2D eigenvalue weighted by molar-refractivity contribution is -0.135. The number of carbonyl (C=O) groups is 1. The Balaban J connectivity index is 2.27. The molecule has 1 amide bonds. The molecule has 1 heterocycles. The van der Waals surface area contributed by atoms with Gasteiger partial charge in [0, 0.05) is 6.54 Å². The largest absolute Gasteiger partial charge is 0.480 e. The van der Waals surface area contributed by atoms with Crippen molar-refractivity contribution in [2.24, 2.45) is 11.7 Å². The van der Waals surface area contributed by atoms with Gasteiger partial charge in [0.2, 0.25) is 5.91 Å². The number of amides is 1. The monoisotopic (exact) mass is 276 g/mol. The zero-order chi connectivity index (χ0) is 14.9. The highest BCUT2D eigenvalue weighted by molar-refractivity contribution is 6.43. The molecule has 0 bridgehead atoms. The minimum Gasteiger partial charge on any atom is -0.426 e. The molecule has 0 unspecified atom stereocenters. The maximum absolute atomic E-state index is 12.5. The number of benzene rings is 1. The third-order valence-corrected chi connectivity index (χ3v) is 4.16. The summed E-state index contributed by atoms with van der Waals surface area (Å²) in [7, 11) is -1.60. The predicted octanol–water partition coefficient (Wildman–Crippen LogP) is 0.455. The smallest absolute Gasteiger partial charge is 0.426 e. The van der Waals surface area contributed by atoms with Crippen LogP contribution in [0.1, 0.15) is 37.3 Å². The molecule has 3 atom stereocenters. The maximum atomic E-state index is 12.5. The van der Waals surface area contributed by atoms with Gasteiger partial charge in [-0.15, -0.1) is 0 Å². The van der Waals surface area contributed by atoms with Gasteiger partial charge in [0.1, 0.15) is 0 Å². The molecule has 1 aromatic rings. The lowest BCUT2D eigenvalue weighted by Crippen LogP contribution is -2.49. The Morgan fingerprint density at radius 2 is 2.15 bits per heavy atom. The second-order valence-electron chi connectivity index (χ2n) is 5.43. The molecule has 4 N–H and O–H groups in total. The molecule has 0 radical (unpaired) electrons. The standard InChI is InChI=1S/C14H21BN2O3/c1-3-9(2)12(16)14(18)17-8-10-6-4-5-7-11(10)13(17)15(19)20/h4-7,9,12-13,19-20H,3,8,16H2,1-2H3/t9-,12+,13+/m1/s1.